The smallest absolute Gasteiger partial charge is 0.241 e. The molecule has 2 aliphatic heterocycles. The van der Waals surface area contributed by atoms with Gasteiger partial charge in [-0.2, -0.15) is 0 Å². The molecule has 0 spiro atoms. The highest BCUT2D eigenvalue weighted by Crippen LogP contribution is 2.22. The van der Waals surface area contributed by atoms with Gasteiger partial charge in [0.15, 0.2) is 0 Å². The molecule has 0 N–H and O–H groups in total. The minimum absolute atomic E-state index is 0.218. The van der Waals surface area contributed by atoms with Crippen LogP contribution in [-0.2, 0) is 11.3 Å². The number of anilines is 1. The number of piperazine rings is 1. The van der Waals surface area contributed by atoms with E-state index in [9.17, 15) is 4.79 Å². The van der Waals surface area contributed by atoms with Gasteiger partial charge in [-0.3, -0.25) is 14.6 Å². The maximum atomic E-state index is 12.6. The first-order valence-corrected chi connectivity index (χ1v) is 9.65. The molecule has 2 aliphatic rings. The second-order valence-corrected chi connectivity index (χ2v) is 7.37. The minimum atomic E-state index is 0.218. The number of likely N-dealkylation sites (tertiary alicyclic amines) is 1. The Kier molecular flexibility index (Phi) is 5.32. The van der Waals surface area contributed by atoms with Gasteiger partial charge in [-0.05, 0) is 37.1 Å². The molecule has 2 saturated heterocycles. The van der Waals surface area contributed by atoms with E-state index in [0.29, 0.717) is 12.6 Å². The fourth-order valence-corrected chi connectivity index (χ4v) is 4.18. The van der Waals surface area contributed by atoms with E-state index >= 15 is 0 Å². The van der Waals surface area contributed by atoms with E-state index in [1.54, 1.807) is 0 Å². The van der Waals surface area contributed by atoms with Gasteiger partial charge in [0.05, 0.1) is 6.54 Å². The molecule has 1 atom stereocenters. The fraction of sp³-hybridized carbons (Fsp3) is 0.409. The Morgan fingerprint density at radius 3 is 2.35 bits per heavy atom. The van der Waals surface area contributed by atoms with E-state index in [-0.39, 0.29) is 5.91 Å². The van der Waals surface area contributed by atoms with Crippen molar-refractivity contribution in [2.45, 2.75) is 25.4 Å². The zero-order valence-electron chi connectivity index (χ0n) is 15.3. The van der Waals surface area contributed by atoms with E-state index in [4.69, 9.17) is 0 Å². The Hall–Kier alpha value is -2.17. The third-order valence-electron chi connectivity index (χ3n) is 5.56. The number of carbonyl (C=O) groups excluding carboxylic acids is 1. The number of hydrogen-bond donors (Lipinski definition) is 0. The highest BCUT2D eigenvalue weighted by Gasteiger charge is 2.30. The Labute approximate surface area is 156 Å². The van der Waals surface area contributed by atoms with Crippen LogP contribution in [0.2, 0.25) is 0 Å². The van der Waals surface area contributed by atoms with Crippen LogP contribution < -0.4 is 4.90 Å². The molecule has 0 radical (unpaired) electrons. The lowest BCUT2D eigenvalue weighted by molar-refractivity contribution is -0.121. The van der Waals surface area contributed by atoms with Gasteiger partial charge in [0.2, 0.25) is 5.91 Å². The fourth-order valence-electron chi connectivity index (χ4n) is 4.18. The molecule has 136 valence electrons. The monoisotopic (exact) mass is 349 g/mol. The average Bonchev–Trinajstić information content (AvgIpc) is 3.10. The second-order valence-electron chi connectivity index (χ2n) is 7.37. The standard InChI is InChI=1S/C22H27N3O/c26-22-18-23(14-15-25(22)20-10-5-2-6-11-20)17-21-12-7-13-24(21)16-19-8-3-1-4-9-19/h1-6,8-11,21H,7,12-18H2/t21-/m1/s1. The summed E-state index contributed by atoms with van der Waals surface area (Å²) in [5.41, 5.74) is 2.40. The molecule has 2 fully saturated rings. The first kappa shape index (κ1) is 17.3. The predicted octanol–water partition coefficient (Wildman–Crippen LogP) is 3.00. The summed E-state index contributed by atoms with van der Waals surface area (Å²) in [5.74, 6) is 0.218. The minimum Gasteiger partial charge on any atom is -0.310 e. The number of para-hydroxylation sites is 1. The van der Waals surface area contributed by atoms with Gasteiger partial charge in [0, 0.05) is 37.9 Å². The predicted molar refractivity (Wildman–Crippen MR) is 105 cm³/mol. The molecule has 2 heterocycles. The summed E-state index contributed by atoms with van der Waals surface area (Å²) in [6.45, 7) is 5.46. The second kappa shape index (κ2) is 8.02. The van der Waals surface area contributed by atoms with Gasteiger partial charge >= 0.3 is 0 Å². The van der Waals surface area contributed by atoms with Crippen LogP contribution in [-0.4, -0.2) is 54.5 Å². The molecule has 0 unspecified atom stereocenters. The maximum Gasteiger partial charge on any atom is 0.241 e. The summed E-state index contributed by atoms with van der Waals surface area (Å²) in [6, 6.07) is 21.3. The Morgan fingerprint density at radius 1 is 0.885 bits per heavy atom. The first-order valence-electron chi connectivity index (χ1n) is 9.65. The van der Waals surface area contributed by atoms with E-state index < -0.39 is 0 Å². The molecule has 26 heavy (non-hydrogen) atoms. The van der Waals surface area contributed by atoms with E-state index in [2.05, 4.69) is 40.1 Å². The topological polar surface area (TPSA) is 26.8 Å². The number of carbonyl (C=O) groups is 1. The summed E-state index contributed by atoms with van der Waals surface area (Å²) in [7, 11) is 0. The molecular weight excluding hydrogens is 322 g/mol. The van der Waals surface area contributed by atoms with Crippen molar-refractivity contribution in [3.8, 4) is 0 Å². The van der Waals surface area contributed by atoms with Crippen molar-refractivity contribution >= 4 is 11.6 Å². The van der Waals surface area contributed by atoms with Crippen LogP contribution in [0, 0.1) is 0 Å². The molecular formula is C22H27N3O. The van der Waals surface area contributed by atoms with E-state index in [1.807, 2.05) is 35.2 Å². The SMILES string of the molecule is O=C1CN(C[C@H]2CCCN2Cc2ccccc2)CCN1c1ccccc1. The Bertz CT molecular complexity index is 719. The highest BCUT2D eigenvalue weighted by atomic mass is 16.2. The molecule has 4 rings (SSSR count). The van der Waals surface area contributed by atoms with Crippen LogP contribution in [0.15, 0.2) is 60.7 Å². The van der Waals surface area contributed by atoms with Gasteiger partial charge in [-0.25, -0.2) is 0 Å². The third kappa shape index (κ3) is 3.97. The van der Waals surface area contributed by atoms with Crippen molar-refractivity contribution in [2.75, 3.05) is 37.6 Å². The summed E-state index contributed by atoms with van der Waals surface area (Å²) in [6.07, 6.45) is 2.50. The Balaban J connectivity index is 1.34. The van der Waals surface area contributed by atoms with Gasteiger partial charge in [-0.1, -0.05) is 48.5 Å². The van der Waals surface area contributed by atoms with Gasteiger partial charge < -0.3 is 4.90 Å². The lowest BCUT2D eigenvalue weighted by atomic mass is 10.1. The molecule has 0 bridgehead atoms. The van der Waals surface area contributed by atoms with Crippen molar-refractivity contribution in [3.63, 3.8) is 0 Å². The van der Waals surface area contributed by atoms with Gasteiger partial charge in [0.1, 0.15) is 0 Å². The van der Waals surface area contributed by atoms with Crippen LogP contribution >= 0.6 is 0 Å². The van der Waals surface area contributed by atoms with E-state index in [1.165, 1.54) is 18.4 Å². The van der Waals surface area contributed by atoms with Crippen LogP contribution in [0.25, 0.3) is 0 Å². The summed E-state index contributed by atoms with van der Waals surface area (Å²) in [5, 5.41) is 0. The molecule has 0 aliphatic carbocycles. The molecule has 1 amide bonds. The van der Waals surface area contributed by atoms with Crippen LogP contribution in [0.5, 0.6) is 0 Å². The largest absolute Gasteiger partial charge is 0.310 e. The maximum absolute atomic E-state index is 12.6. The van der Waals surface area contributed by atoms with Crippen LogP contribution in [0.3, 0.4) is 0 Å². The summed E-state index contributed by atoms with van der Waals surface area (Å²) < 4.78 is 0. The lowest BCUT2D eigenvalue weighted by Gasteiger charge is -2.37. The normalized spacial score (nSPS) is 22.1. The summed E-state index contributed by atoms with van der Waals surface area (Å²) >= 11 is 0. The Morgan fingerprint density at radius 2 is 1.62 bits per heavy atom. The lowest BCUT2D eigenvalue weighted by Crippen LogP contribution is -2.53. The highest BCUT2D eigenvalue weighted by molar-refractivity contribution is 5.95. The molecule has 2 aromatic rings. The zero-order valence-corrected chi connectivity index (χ0v) is 15.3. The van der Waals surface area contributed by atoms with Crippen molar-refractivity contribution in [2.24, 2.45) is 0 Å². The van der Waals surface area contributed by atoms with Gasteiger partial charge in [0.25, 0.3) is 0 Å². The third-order valence-corrected chi connectivity index (χ3v) is 5.56. The van der Waals surface area contributed by atoms with Crippen LogP contribution in [0.4, 0.5) is 5.69 Å². The zero-order chi connectivity index (χ0) is 17.8. The van der Waals surface area contributed by atoms with Crippen LogP contribution in [0.1, 0.15) is 18.4 Å². The molecule has 4 nitrogen and oxygen atoms in total. The number of hydrogen-bond acceptors (Lipinski definition) is 3. The first-order chi connectivity index (χ1) is 12.8. The number of nitrogens with zero attached hydrogens (tertiary/aromatic N) is 3. The average molecular weight is 349 g/mol. The van der Waals surface area contributed by atoms with Crippen molar-refractivity contribution in [1.29, 1.82) is 0 Å². The quantitative estimate of drug-likeness (QED) is 0.830. The van der Waals surface area contributed by atoms with Crippen molar-refractivity contribution < 1.29 is 4.79 Å². The molecule has 4 heteroatoms. The number of rotatable bonds is 5. The van der Waals surface area contributed by atoms with E-state index in [0.717, 1.165) is 38.4 Å². The number of benzene rings is 2. The number of amides is 1. The van der Waals surface area contributed by atoms with Gasteiger partial charge in [-0.15, -0.1) is 0 Å². The molecule has 0 saturated carbocycles. The molecule has 0 aromatic heterocycles. The summed E-state index contributed by atoms with van der Waals surface area (Å²) in [4.78, 5) is 19.5. The van der Waals surface area contributed by atoms with Crippen molar-refractivity contribution in [1.82, 2.24) is 9.80 Å². The molecule has 2 aromatic carbocycles. The van der Waals surface area contributed by atoms with Crippen molar-refractivity contribution in [3.05, 3.63) is 66.2 Å².